The van der Waals surface area contributed by atoms with Crippen LogP contribution in [-0.4, -0.2) is 26.2 Å². The molecule has 0 aromatic rings. The van der Waals surface area contributed by atoms with Gasteiger partial charge in [-0.15, -0.1) is 0 Å². The zero-order valence-corrected chi connectivity index (χ0v) is 9.54. The predicted octanol–water partition coefficient (Wildman–Crippen LogP) is 1.84. The van der Waals surface area contributed by atoms with Gasteiger partial charge < -0.3 is 9.47 Å². The lowest BCUT2D eigenvalue weighted by Gasteiger charge is -2.04. The largest absolute Gasteiger partial charge is 0.466 e. The molecule has 0 heterocycles. The molecular formula is C11H18O4. The van der Waals surface area contributed by atoms with Crippen molar-refractivity contribution in [2.24, 2.45) is 0 Å². The van der Waals surface area contributed by atoms with Crippen molar-refractivity contribution in [2.75, 3.05) is 14.2 Å². The van der Waals surface area contributed by atoms with Crippen LogP contribution in [-0.2, 0) is 19.1 Å². The molecule has 0 aliphatic carbocycles. The number of rotatable bonds is 6. The highest BCUT2D eigenvalue weighted by molar-refractivity contribution is 5.96. The summed E-state index contributed by atoms with van der Waals surface area (Å²) in [7, 11) is 2.58. The molecule has 0 aromatic carbocycles. The van der Waals surface area contributed by atoms with Crippen molar-refractivity contribution >= 4 is 11.9 Å². The summed E-state index contributed by atoms with van der Waals surface area (Å²) >= 11 is 0. The summed E-state index contributed by atoms with van der Waals surface area (Å²) in [6.07, 6.45) is 4.70. The smallest absolute Gasteiger partial charge is 0.333 e. The number of methoxy groups -OCH3 is 2. The zero-order valence-electron chi connectivity index (χ0n) is 9.54. The lowest BCUT2D eigenvalue weighted by molar-refractivity contribution is -0.138. The van der Waals surface area contributed by atoms with E-state index in [9.17, 15) is 9.59 Å². The molecule has 0 aliphatic rings. The Morgan fingerprint density at radius 3 is 2.27 bits per heavy atom. The van der Waals surface area contributed by atoms with E-state index < -0.39 is 11.9 Å². The lowest BCUT2D eigenvalue weighted by atomic mass is 10.1. The summed E-state index contributed by atoms with van der Waals surface area (Å²) in [5.41, 5.74) is 0.373. The van der Waals surface area contributed by atoms with Crippen LogP contribution in [0, 0.1) is 0 Å². The summed E-state index contributed by atoms with van der Waals surface area (Å²) in [5.74, 6) is -0.983. The average Bonchev–Trinajstić information content (AvgIpc) is 2.26. The Morgan fingerprint density at radius 2 is 1.80 bits per heavy atom. The van der Waals surface area contributed by atoms with Gasteiger partial charge in [0.05, 0.1) is 14.2 Å². The third-order valence-corrected chi connectivity index (χ3v) is 1.99. The number of carbonyl (C=O) groups excluding carboxylic acids is 2. The molecule has 0 N–H and O–H groups in total. The van der Waals surface area contributed by atoms with E-state index in [4.69, 9.17) is 0 Å². The summed E-state index contributed by atoms with van der Waals surface area (Å²) in [4.78, 5) is 22.2. The Kier molecular flexibility index (Phi) is 7.32. The van der Waals surface area contributed by atoms with E-state index in [-0.39, 0.29) is 0 Å². The summed E-state index contributed by atoms with van der Waals surface area (Å²) in [6, 6.07) is 0. The van der Waals surface area contributed by atoms with Crippen LogP contribution >= 0.6 is 0 Å². The van der Waals surface area contributed by atoms with Crippen LogP contribution in [0.25, 0.3) is 0 Å². The summed E-state index contributed by atoms with van der Waals surface area (Å²) < 4.78 is 9.03. The number of hydrogen-bond donors (Lipinski definition) is 0. The lowest BCUT2D eigenvalue weighted by Crippen LogP contribution is -2.08. The maximum Gasteiger partial charge on any atom is 0.333 e. The highest BCUT2D eigenvalue weighted by atomic mass is 16.5. The van der Waals surface area contributed by atoms with Gasteiger partial charge in [0.2, 0.25) is 0 Å². The van der Waals surface area contributed by atoms with Gasteiger partial charge in [-0.05, 0) is 12.8 Å². The van der Waals surface area contributed by atoms with Crippen molar-refractivity contribution in [3.8, 4) is 0 Å². The van der Waals surface area contributed by atoms with Gasteiger partial charge in [-0.1, -0.05) is 19.8 Å². The van der Waals surface area contributed by atoms with E-state index in [0.717, 1.165) is 19.3 Å². The maximum atomic E-state index is 11.3. The van der Waals surface area contributed by atoms with Crippen molar-refractivity contribution < 1.29 is 19.1 Å². The van der Waals surface area contributed by atoms with E-state index >= 15 is 0 Å². The molecule has 4 nitrogen and oxygen atoms in total. The SMILES string of the molecule is CCCCC/C(=C\C(=O)OC)C(=O)OC. The molecule has 0 bridgehead atoms. The van der Waals surface area contributed by atoms with Gasteiger partial charge in [0.15, 0.2) is 0 Å². The van der Waals surface area contributed by atoms with Crippen LogP contribution in [0.5, 0.6) is 0 Å². The van der Waals surface area contributed by atoms with Crippen LogP contribution in [0.4, 0.5) is 0 Å². The first-order valence-corrected chi connectivity index (χ1v) is 5.02. The van der Waals surface area contributed by atoms with Crippen molar-refractivity contribution in [2.45, 2.75) is 32.6 Å². The molecule has 0 saturated carbocycles. The highest BCUT2D eigenvalue weighted by Crippen LogP contribution is 2.10. The molecule has 86 valence electrons. The van der Waals surface area contributed by atoms with Gasteiger partial charge in [-0.2, -0.15) is 0 Å². The maximum absolute atomic E-state index is 11.3. The van der Waals surface area contributed by atoms with Gasteiger partial charge in [0.1, 0.15) is 0 Å². The normalized spacial score (nSPS) is 11.0. The van der Waals surface area contributed by atoms with Crippen LogP contribution in [0.1, 0.15) is 32.6 Å². The molecule has 0 spiro atoms. The number of hydrogen-bond acceptors (Lipinski definition) is 4. The van der Waals surface area contributed by atoms with Crippen molar-refractivity contribution in [1.29, 1.82) is 0 Å². The third kappa shape index (κ3) is 5.88. The molecule has 0 amide bonds. The molecule has 0 aliphatic heterocycles. The Bertz CT molecular complexity index is 243. The summed E-state index contributed by atoms with van der Waals surface area (Å²) in [6.45, 7) is 2.07. The fraction of sp³-hybridized carbons (Fsp3) is 0.636. The number of unbranched alkanes of at least 4 members (excludes halogenated alkanes) is 2. The number of ether oxygens (including phenoxy) is 2. The fourth-order valence-electron chi connectivity index (χ4n) is 1.13. The molecule has 0 aromatic heterocycles. The Morgan fingerprint density at radius 1 is 1.13 bits per heavy atom. The predicted molar refractivity (Wildman–Crippen MR) is 56.3 cm³/mol. The van der Waals surface area contributed by atoms with Crippen LogP contribution in [0.2, 0.25) is 0 Å². The molecule has 0 unspecified atom stereocenters. The van der Waals surface area contributed by atoms with Crippen LogP contribution in [0.3, 0.4) is 0 Å². The fourth-order valence-corrected chi connectivity index (χ4v) is 1.13. The molecule has 15 heavy (non-hydrogen) atoms. The van der Waals surface area contributed by atoms with Gasteiger partial charge in [-0.25, -0.2) is 9.59 Å². The second kappa shape index (κ2) is 8.03. The minimum absolute atomic E-state index is 0.373. The zero-order chi connectivity index (χ0) is 11.7. The average molecular weight is 214 g/mol. The van der Waals surface area contributed by atoms with Gasteiger partial charge in [0, 0.05) is 11.6 Å². The van der Waals surface area contributed by atoms with Crippen molar-refractivity contribution in [3.63, 3.8) is 0 Å². The van der Waals surface area contributed by atoms with E-state index in [1.165, 1.54) is 20.3 Å². The number of esters is 2. The summed E-state index contributed by atoms with van der Waals surface area (Å²) in [5, 5.41) is 0. The van der Waals surface area contributed by atoms with E-state index in [0.29, 0.717) is 12.0 Å². The van der Waals surface area contributed by atoms with Crippen LogP contribution in [0.15, 0.2) is 11.6 Å². The first-order chi connectivity index (χ1) is 7.15. The van der Waals surface area contributed by atoms with Gasteiger partial charge in [-0.3, -0.25) is 0 Å². The Hall–Kier alpha value is -1.32. The number of carbonyl (C=O) groups is 2. The topological polar surface area (TPSA) is 52.6 Å². The standard InChI is InChI=1S/C11H18O4/c1-4-5-6-7-9(11(13)15-3)8-10(12)14-2/h8H,4-7H2,1-3H3/b9-8+. The second-order valence-corrected chi connectivity index (χ2v) is 3.14. The first kappa shape index (κ1) is 13.7. The van der Waals surface area contributed by atoms with Crippen molar-refractivity contribution in [3.05, 3.63) is 11.6 Å². The molecule has 0 atom stereocenters. The molecule has 0 fully saturated rings. The highest BCUT2D eigenvalue weighted by Gasteiger charge is 2.11. The van der Waals surface area contributed by atoms with Gasteiger partial charge in [0.25, 0.3) is 0 Å². The molecule has 4 heteroatoms. The molecule has 0 radical (unpaired) electrons. The third-order valence-electron chi connectivity index (χ3n) is 1.99. The molecule has 0 saturated heterocycles. The van der Waals surface area contributed by atoms with Crippen LogP contribution < -0.4 is 0 Å². The second-order valence-electron chi connectivity index (χ2n) is 3.14. The Labute approximate surface area is 90.2 Å². The van der Waals surface area contributed by atoms with E-state index in [2.05, 4.69) is 16.4 Å². The minimum Gasteiger partial charge on any atom is -0.466 e. The quantitative estimate of drug-likeness (QED) is 0.384. The molecular weight excluding hydrogens is 196 g/mol. The minimum atomic E-state index is -0.521. The monoisotopic (exact) mass is 214 g/mol. The Balaban J connectivity index is 4.37. The van der Waals surface area contributed by atoms with E-state index in [1.807, 2.05) is 0 Å². The molecule has 0 rings (SSSR count). The van der Waals surface area contributed by atoms with Crippen molar-refractivity contribution in [1.82, 2.24) is 0 Å². The van der Waals surface area contributed by atoms with E-state index in [1.54, 1.807) is 0 Å². The first-order valence-electron chi connectivity index (χ1n) is 5.02. The van der Waals surface area contributed by atoms with Gasteiger partial charge >= 0.3 is 11.9 Å².